The average Bonchev–Trinajstić information content (AvgIpc) is 1.76. The molecule has 97 heavy (non-hydrogen) atoms. The molecule has 3 fully saturated rings. The second kappa shape index (κ2) is 37.0. The Morgan fingerprint density at radius 1 is 0.763 bits per heavy atom. The number of aromatic nitrogens is 2. The number of hydrogen-bond donors (Lipinski definition) is 22. The van der Waals surface area contributed by atoms with Crippen molar-refractivity contribution in [1.82, 2.24) is 68.0 Å². The van der Waals surface area contributed by atoms with Gasteiger partial charge in [0.05, 0.1) is 69.5 Å². The van der Waals surface area contributed by atoms with Crippen molar-refractivity contribution in [3.8, 4) is 0 Å². The van der Waals surface area contributed by atoms with Gasteiger partial charge < -0.3 is 139 Å². The molecule has 0 radical (unpaired) electrons. The Morgan fingerprint density at radius 2 is 1.38 bits per heavy atom. The summed E-state index contributed by atoms with van der Waals surface area (Å²) in [4.78, 5) is 179. The quantitative estimate of drug-likeness (QED) is 0.0300. The van der Waals surface area contributed by atoms with Gasteiger partial charge in [-0.2, -0.15) is 0 Å². The molecule has 0 aromatic carbocycles. The number of nitrogens with one attached hydrogen (secondary N) is 11. The number of carbonyl (C=O) groups excluding carboxylic acids is 11. The summed E-state index contributed by atoms with van der Waals surface area (Å²) < 4.78 is 23.1. The number of hydrogen-bond acceptors (Lipinski definition) is 27. The number of likely N-dealkylation sites (tertiary alicyclic amines) is 1. The molecule has 23 N–H and O–H groups in total. The van der Waals surface area contributed by atoms with Crippen LogP contribution in [0.15, 0.2) is 12.5 Å². The van der Waals surface area contributed by atoms with E-state index in [9.17, 15) is 113 Å². The van der Waals surface area contributed by atoms with Crippen LogP contribution in [0.1, 0.15) is 79.8 Å². The maximum atomic E-state index is 14.1. The number of likely N-dealkylation sites (N-methyl/N-ethyl adjacent to an activating group) is 1. The van der Waals surface area contributed by atoms with Crippen molar-refractivity contribution in [3.63, 3.8) is 0 Å². The SMILES string of the molecule is CNC(=O)[C@@H](NC(=O)[C@H](CC(=O)O)NC(=O)[C@@H]1CCCN1C(=O)[C@H](C)NC(=O)[C@H](CO)NC(=O)[C@@H](NC(=O)[C@@H](NC(=O)CNC(=O)[C@@H](N)Cc1cnc[nH]1)C(C)C)C(C)O)C(C)O[C@H]1OC(CO[C@]2(C(=O)O)CC(O)[C@@H](NC(C)=O)C([C@H](O)[C@H](O)CO)O2)[C@H](O)C(O)C1NC(C)=O. The first kappa shape index (κ1) is 81.2. The molecule has 11 amide bonds. The number of aliphatic carboxylic acids is 2. The average molecular weight is 1390 g/mol. The summed E-state index contributed by atoms with van der Waals surface area (Å²) in [5.74, 6) is -18.2. The number of nitrogens with zero attached hydrogens (tertiary/aromatic N) is 2. The van der Waals surface area contributed by atoms with Gasteiger partial charge in [0.15, 0.2) is 6.29 Å². The standard InChI is InChI=1S/C56H90N14O27/c1-21(2)37(67-35(78)16-60-46(84)28(57)12-27-15-59-20-61-27)51(89)68-38(23(4)73)52(90)66-30(17-71)48(86)62-22(3)53(91)70-11-9-10-31(70)49(87)65-29(13-36(79)80)47(85)69-39(50(88)58-8)24(5)95-54-41(64-26(7)75)44(83)43(82)34(96-54)19-94-56(55(92)93)14-32(76)40(63-25(6)74)45(97-56)42(81)33(77)18-72/h15,20-24,28-34,37-45,54,71-73,76-77,81-83H,9-14,16-19,57H2,1-8H3,(H,58,88)(H,59,61)(H,60,84)(H,62,86)(H,63,74)(H,64,75)(H,65,87)(H,66,90)(H,67,78)(H,68,89)(H,69,85)(H,79,80)(H,92,93)/t22-,23?,24?,28-,29-,30-,31-,32?,33+,34?,37-,38-,39-,40+,41?,42+,43-,44?,45?,54-,56+/m0/s1. The fourth-order valence-corrected chi connectivity index (χ4v) is 10.6. The number of imidazole rings is 1. The molecular weight excluding hydrogens is 1300 g/mol. The number of ether oxygens (including phenoxy) is 4. The molecule has 0 spiro atoms. The zero-order chi connectivity index (χ0) is 73.1. The summed E-state index contributed by atoms with van der Waals surface area (Å²) in [6, 6.07) is -16.3. The molecule has 21 atom stereocenters. The lowest BCUT2D eigenvalue weighted by Crippen LogP contribution is -2.69. The van der Waals surface area contributed by atoms with Crippen molar-refractivity contribution in [3.05, 3.63) is 18.2 Å². The van der Waals surface area contributed by atoms with E-state index in [4.69, 9.17) is 24.7 Å². The largest absolute Gasteiger partial charge is 0.481 e. The molecule has 3 aliphatic rings. The summed E-state index contributed by atoms with van der Waals surface area (Å²) >= 11 is 0. The van der Waals surface area contributed by atoms with E-state index in [2.05, 4.69) is 63.1 Å². The van der Waals surface area contributed by atoms with Crippen molar-refractivity contribution in [2.24, 2.45) is 11.7 Å². The highest BCUT2D eigenvalue weighted by Crippen LogP contribution is 2.35. The lowest BCUT2D eigenvalue weighted by molar-refractivity contribution is -0.332. The number of carboxylic acids is 2. The Balaban J connectivity index is 1.44. The maximum absolute atomic E-state index is 14.1. The Labute approximate surface area is 553 Å². The minimum atomic E-state index is -2.99. The Bertz CT molecular complexity index is 2930. The maximum Gasteiger partial charge on any atom is 0.364 e. The number of aromatic amines is 1. The third-order valence-electron chi connectivity index (χ3n) is 15.9. The molecule has 41 heteroatoms. The number of carboxylic acid groups (broad SMARTS) is 2. The summed E-state index contributed by atoms with van der Waals surface area (Å²) in [5, 5.41) is 128. The summed E-state index contributed by atoms with van der Waals surface area (Å²) in [6.45, 7) is 4.48. The van der Waals surface area contributed by atoms with Gasteiger partial charge in [-0.15, -0.1) is 0 Å². The van der Waals surface area contributed by atoms with Gasteiger partial charge in [0.25, 0.3) is 5.79 Å². The lowest BCUT2D eigenvalue weighted by atomic mass is 9.88. The van der Waals surface area contributed by atoms with Crippen molar-refractivity contribution < 1.29 is 132 Å². The number of aliphatic hydroxyl groups excluding tert-OH is 8. The first-order chi connectivity index (χ1) is 45.4. The molecular formula is C56H90N14O27. The lowest BCUT2D eigenvalue weighted by Gasteiger charge is -2.48. The number of carbonyl (C=O) groups is 13. The van der Waals surface area contributed by atoms with E-state index in [1.54, 1.807) is 13.8 Å². The number of amides is 11. The predicted molar refractivity (Wildman–Crippen MR) is 323 cm³/mol. The summed E-state index contributed by atoms with van der Waals surface area (Å²) in [5.41, 5.74) is 6.47. The van der Waals surface area contributed by atoms with Gasteiger partial charge in [0, 0.05) is 52.2 Å². The van der Waals surface area contributed by atoms with Crippen LogP contribution in [-0.4, -0.2) is 310 Å². The Kier molecular flexibility index (Phi) is 30.9. The first-order valence-electron chi connectivity index (χ1n) is 30.7. The first-order valence-corrected chi connectivity index (χ1v) is 30.7. The van der Waals surface area contributed by atoms with Crippen LogP contribution in [-0.2, 0) is 87.7 Å². The molecule has 0 saturated carbocycles. The van der Waals surface area contributed by atoms with E-state index < -0.39 is 249 Å². The van der Waals surface area contributed by atoms with Crippen LogP contribution in [0.3, 0.4) is 0 Å². The second-order valence-corrected chi connectivity index (χ2v) is 23.8. The van der Waals surface area contributed by atoms with Gasteiger partial charge in [0.1, 0.15) is 85.0 Å². The number of rotatable bonds is 35. The molecule has 546 valence electrons. The topological polar surface area (TPSA) is 639 Å². The van der Waals surface area contributed by atoms with Crippen molar-refractivity contribution in [1.29, 1.82) is 0 Å². The molecule has 0 bridgehead atoms. The minimum Gasteiger partial charge on any atom is -0.481 e. The fourth-order valence-electron chi connectivity index (χ4n) is 10.6. The van der Waals surface area contributed by atoms with Crippen LogP contribution in [0, 0.1) is 5.92 Å². The van der Waals surface area contributed by atoms with Gasteiger partial charge in [-0.05, 0) is 39.5 Å². The van der Waals surface area contributed by atoms with E-state index in [1.807, 2.05) is 0 Å². The van der Waals surface area contributed by atoms with Gasteiger partial charge in [-0.3, -0.25) is 57.5 Å². The summed E-state index contributed by atoms with van der Waals surface area (Å²) in [6.07, 6.45) is -18.6. The number of nitrogens with two attached hydrogens (primary N) is 1. The third-order valence-corrected chi connectivity index (χ3v) is 15.9. The van der Waals surface area contributed by atoms with Gasteiger partial charge >= 0.3 is 11.9 Å². The zero-order valence-corrected chi connectivity index (χ0v) is 54.2. The van der Waals surface area contributed by atoms with Crippen molar-refractivity contribution >= 4 is 76.9 Å². The molecule has 4 heterocycles. The molecule has 1 aromatic rings. The van der Waals surface area contributed by atoms with E-state index in [1.165, 1.54) is 19.4 Å². The van der Waals surface area contributed by atoms with Crippen LogP contribution in [0.4, 0.5) is 0 Å². The van der Waals surface area contributed by atoms with Gasteiger partial charge in [-0.1, -0.05) is 13.8 Å². The molecule has 3 saturated heterocycles. The molecule has 3 aliphatic heterocycles. The molecule has 0 aliphatic carbocycles. The van der Waals surface area contributed by atoms with E-state index in [-0.39, 0.29) is 25.8 Å². The molecule has 4 rings (SSSR count). The highest BCUT2D eigenvalue weighted by Gasteiger charge is 2.57. The normalized spacial score (nSPS) is 25.8. The minimum absolute atomic E-state index is 0.0740. The molecule has 1 aromatic heterocycles. The third kappa shape index (κ3) is 22.4. The fraction of sp³-hybridized carbons (Fsp3) is 0.714. The van der Waals surface area contributed by atoms with Crippen molar-refractivity contribution in [2.45, 2.75) is 208 Å². The van der Waals surface area contributed by atoms with Crippen molar-refractivity contribution in [2.75, 3.05) is 40.0 Å². The van der Waals surface area contributed by atoms with Crippen LogP contribution in [0.5, 0.6) is 0 Å². The smallest absolute Gasteiger partial charge is 0.364 e. The monoisotopic (exact) mass is 1390 g/mol. The summed E-state index contributed by atoms with van der Waals surface area (Å²) in [7, 11) is 1.11. The Morgan fingerprint density at radius 3 is 1.94 bits per heavy atom. The van der Waals surface area contributed by atoms with Crippen LogP contribution >= 0.6 is 0 Å². The second-order valence-electron chi connectivity index (χ2n) is 23.8. The van der Waals surface area contributed by atoms with Crippen LogP contribution < -0.4 is 58.9 Å². The highest BCUT2D eigenvalue weighted by atomic mass is 16.7. The van der Waals surface area contributed by atoms with E-state index >= 15 is 0 Å². The molecule has 7 unspecified atom stereocenters. The molecule has 41 nitrogen and oxygen atoms in total. The van der Waals surface area contributed by atoms with Crippen LogP contribution in [0.2, 0.25) is 0 Å². The van der Waals surface area contributed by atoms with Crippen LogP contribution in [0.25, 0.3) is 0 Å². The predicted octanol–water partition coefficient (Wildman–Crippen LogP) is -11.9. The van der Waals surface area contributed by atoms with Gasteiger partial charge in [-0.25, -0.2) is 9.78 Å². The number of aliphatic hydroxyl groups is 8. The highest BCUT2D eigenvalue weighted by molar-refractivity contribution is 5.99. The number of H-pyrrole nitrogens is 1. The Hall–Kier alpha value is -8.20. The van der Waals surface area contributed by atoms with E-state index in [0.29, 0.717) is 5.69 Å². The zero-order valence-electron chi connectivity index (χ0n) is 54.2. The van der Waals surface area contributed by atoms with Gasteiger partial charge in [0.2, 0.25) is 65.0 Å². The van der Waals surface area contributed by atoms with E-state index in [0.717, 1.165) is 39.6 Å².